The summed E-state index contributed by atoms with van der Waals surface area (Å²) in [7, 11) is 0. The van der Waals surface area contributed by atoms with Crippen LogP contribution in [0.5, 0.6) is 0 Å². The molecule has 0 radical (unpaired) electrons. The van der Waals surface area contributed by atoms with Crippen LogP contribution in [0.25, 0.3) is 0 Å². The Kier molecular flexibility index (Phi) is 7.28. The second-order valence-electron chi connectivity index (χ2n) is 4.60. The van der Waals surface area contributed by atoms with Crippen LogP contribution in [0.4, 0.5) is 0 Å². The van der Waals surface area contributed by atoms with Crippen LogP contribution in [0.3, 0.4) is 0 Å². The average molecular weight is 436 g/mol. The molecule has 2 aliphatic carbocycles. The molecule has 2 rings (SSSR count). The second kappa shape index (κ2) is 7.11. The monoisotopic (exact) mass is 436 g/mol. The first-order valence-corrected chi connectivity index (χ1v) is 9.19. The molecule has 0 unspecified atom stereocenters. The number of hydrogen-bond acceptors (Lipinski definition) is 0. The molecule has 0 amide bonds. The van der Waals surface area contributed by atoms with E-state index in [0.29, 0.717) is 0 Å². The SMILES string of the molecule is CC1=CCC(C)=[C]1[Hf+2][C]1=CCC(C)=C1C.[Cl-].[Cl-]. The van der Waals surface area contributed by atoms with Gasteiger partial charge in [-0.1, -0.05) is 0 Å². The fourth-order valence-electron chi connectivity index (χ4n) is 2.12. The molecule has 0 saturated carbocycles. The van der Waals surface area contributed by atoms with Gasteiger partial charge in [0.25, 0.3) is 0 Å². The Morgan fingerprint density at radius 2 is 1.47 bits per heavy atom. The van der Waals surface area contributed by atoms with E-state index in [1.165, 1.54) is 12.8 Å². The minimum atomic E-state index is -0.734. The van der Waals surface area contributed by atoms with Gasteiger partial charge in [-0.2, -0.15) is 0 Å². The molecule has 0 fully saturated rings. The van der Waals surface area contributed by atoms with E-state index < -0.39 is 22.9 Å². The summed E-state index contributed by atoms with van der Waals surface area (Å²) in [5.41, 5.74) is 6.43. The van der Waals surface area contributed by atoms with Crippen molar-refractivity contribution < 1.29 is 47.7 Å². The van der Waals surface area contributed by atoms with E-state index in [0.717, 1.165) is 0 Å². The van der Waals surface area contributed by atoms with Crippen molar-refractivity contribution in [3.63, 3.8) is 0 Å². The van der Waals surface area contributed by atoms with Gasteiger partial charge in [-0.3, -0.25) is 0 Å². The standard InChI is InChI=1S/2C7H9.2ClH.Hf/c1-6-3-4-7(2)5-6;1-6-4-3-5-7(6)2;;;/h2*3H,4H2,1-2H3;2*1H;/q;;;;+2/p-2. The topological polar surface area (TPSA) is 0 Å². The van der Waals surface area contributed by atoms with Crippen molar-refractivity contribution in [1.82, 2.24) is 0 Å². The summed E-state index contributed by atoms with van der Waals surface area (Å²) >= 11 is -0.734. The van der Waals surface area contributed by atoms with E-state index in [1.807, 2.05) is 0 Å². The van der Waals surface area contributed by atoms with Crippen LogP contribution >= 0.6 is 0 Å². The molecule has 0 aromatic carbocycles. The molecule has 17 heavy (non-hydrogen) atoms. The largest absolute Gasteiger partial charge is 1.00 e. The Bertz CT molecular complexity index is 426. The average Bonchev–Trinajstić information content (AvgIpc) is 2.68. The van der Waals surface area contributed by atoms with E-state index in [-0.39, 0.29) is 24.8 Å². The van der Waals surface area contributed by atoms with E-state index in [1.54, 1.807) is 29.0 Å². The van der Waals surface area contributed by atoms with Crippen LogP contribution in [-0.4, -0.2) is 0 Å². The molecule has 0 saturated heterocycles. The first-order chi connectivity index (χ1) is 7.09. The smallest absolute Gasteiger partial charge is 1.00 e. The van der Waals surface area contributed by atoms with Crippen LogP contribution in [0, 0.1) is 0 Å². The maximum atomic E-state index is 2.49. The third-order valence-corrected chi connectivity index (χ3v) is 10.3. The predicted octanol–water partition coefficient (Wildman–Crippen LogP) is -1.68. The summed E-state index contributed by atoms with van der Waals surface area (Å²) in [5, 5.41) is 0. The fourth-order valence-corrected chi connectivity index (χ4v) is 7.47. The molecule has 92 valence electrons. The summed E-state index contributed by atoms with van der Waals surface area (Å²) in [6.07, 6.45) is 7.31. The van der Waals surface area contributed by atoms with Gasteiger partial charge in [-0.05, 0) is 0 Å². The Labute approximate surface area is 129 Å². The number of rotatable bonds is 2. The normalized spacial score (nSPS) is 18.4. The Morgan fingerprint density at radius 1 is 0.882 bits per heavy atom. The summed E-state index contributed by atoms with van der Waals surface area (Å²) < 4.78 is 3.52. The van der Waals surface area contributed by atoms with E-state index >= 15 is 0 Å². The number of allylic oxidation sites excluding steroid dienone is 8. The third-order valence-electron chi connectivity index (χ3n) is 3.45. The zero-order valence-corrected chi connectivity index (χ0v) is 15.9. The molecule has 0 heterocycles. The molecule has 3 heteroatoms. The maximum Gasteiger partial charge on any atom is -1.00 e. The molecule has 0 nitrogen and oxygen atoms in total. The Morgan fingerprint density at radius 3 is 1.88 bits per heavy atom. The molecular formula is C14H18Cl2Hf. The van der Waals surface area contributed by atoms with Crippen molar-refractivity contribution in [2.45, 2.75) is 40.5 Å². The van der Waals surface area contributed by atoms with Gasteiger partial charge in [0.05, 0.1) is 0 Å². The Balaban J connectivity index is 0.00000128. The van der Waals surface area contributed by atoms with Gasteiger partial charge in [0.1, 0.15) is 0 Å². The van der Waals surface area contributed by atoms with Gasteiger partial charge in [0.15, 0.2) is 0 Å². The Hall–Kier alpha value is 0.410. The summed E-state index contributed by atoms with van der Waals surface area (Å²) in [4.78, 5) is 0. The van der Waals surface area contributed by atoms with Crippen molar-refractivity contribution in [1.29, 1.82) is 0 Å². The first-order valence-electron chi connectivity index (χ1n) is 5.60. The van der Waals surface area contributed by atoms with Crippen molar-refractivity contribution in [2.24, 2.45) is 0 Å². The van der Waals surface area contributed by atoms with Crippen molar-refractivity contribution in [3.05, 3.63) is 41.1 Å². The van der Waals surface area contributed by atoms with Crippen LogP contribution in [0.2, 0.25) is 0 Å². The molecule has 0 aromatic rings. The van der Waals surface area contributed by atoms with Crippen LogP contribution in [0.15, 0.2) is 41.1 Å². The molecule has 2 aliphatic rings. The summed E-state index contributed by atoms with van der Waals surface area (Å²) in [6, 6.07) is 0. The fraction of sp³-hybridized carbons (Fsp3) is 0.429. The summed E-state index contributed by atoms with van der Waals surface area (Å²) in [6.45, 7) is 9.20. The van der Waals surface area contributed by atoms with Crippen LogP contribution in [-0.2, 0) is 22.9 Å². The molecule has 0 bridgehead atoms. The zero-order chi connectivity index (χ0) is 11.0. The van der Waals surface area contributed by atoms with Gasteiger partial charge >= 0.3 is 105 Å². The first kappa shape index (κ1) is 17.4. The maximum absolute atomic E-state index is 2.49. The predicted molar refractivity (Wildman–Crippen MR) is 62.1 cm³/mol. The van der Waals surface area contributed by atoms with Crippen molar-refractivity contribution in [2.75, 3.05) is 0 Å². The zero-order valence-electron chi connectivity index (χ0n) is 10.8. The third kappa shape index (κ3) is 3.68. The molecule has 0 aromatic heterocycles. The molecule has 0 atom stereocenters. The number of halogens is 2. The van der Waals surface area contributed by atoms with Crippen LogP contribution in [0.1, 0.15) is 40.5 Å². The van der Waals surface area contributed by atoms with Gasteiger partial charge in [0, 0.05) is 0 Å². The minimum Gasteiger partial charge on any atom is -1.00 e. The van der Waals surface area contributed by atoms with Gasteiger partial charge < -0.3 is 24.8 Å². The van der Waals surface area contributed by atoms with E-state index in [4.69, 9.17) is 0 Å². The molecule has 0 spiro atoms. The van der Waals surface area contributed by atoms with E-state index in [2.05, 4.69) is 39.8 Å². The molecule has 0 N–H and O–H groups in total. The van der Waals surface area contributed by atoms with Crippen molar-refractivity contribution >= 4 is 0 Å². The van der Waals surface area contributed by atoms with Crippen molar-refractivity contribution in [3.8, 4) is 0 Å². The number of hydrogen-bond donors (Lipinski definition) is 0. The quantitative estimate of drug-likeness (QED) is 0.455. The molecule has 0 aliphatic heterocycles. The van der Waals surface area contributed by atoms with Gasteiger partial charge in [-0.25, -0.2) is 0 Å². The second-order valence-corrected chi connectivity index (χ2v) is 9.23. The minimum absolute atomic E-state index is 0. The molecular weight excluding hydrogens is 418 g/mol. The van der Waals surface area contributed by atoms with Crippen LogP contribution < -0.4 is 24.8 Å². The van der Waals surface area contributed by atoms with Gasteiger partial charge in [-0.15, -0.1) is 0 Å². The summed E-state index contributed by atoms with van der Waals surface area (Å²) in [5.74, 6) is 0. The van der Waals surface area contributed by atoms with Gasteiger partial charge in [0.2, 0.25) is 0 Å². The van der Waals surface area contributed by atoms with E-state index in [9.17, 15) is 0 Å².